The molecule has 1 unspecified atom stereocenters. The summed E-state index contributed by atoms with van der Waals surface area (Å²) in [6, 6.07) is 0. The first kappa shape index (κ1) is 50.9. The van der Waals surface area contributed by atoms with Gasteiger partial charge >= 0.3 is 17.9 Å². The maximum absolute atomic E-state index is 12.7. The van der Waals surface area contributed by atoms with Crippen molar-refractivity contribution in [2.45, 2.75) is 200 Å². The Kier molecular flexibility index (Phi) is 40.1. The quantitative estimate of drug-likeness (QED) is 0.0205. The van der Waals surface area contributed by atoms with Crippen molar-refractivity contribution in [1.29, 1.82) is 0 Å². The normalized spacial score (nSPS) is 12.7. The van der Waals surface area contributed by atoms with Gasteiger partial charge in [0.15, 0.2) is 6.10 Å². The lowest BCUT2D eigenvalue weighted by Crippen LogP contribution is -2.30. The highest BCUT2D eigenvalue weighted by Crippen LogP contribution is 2.14. The molecule has 6 heteroatoms. The molecular weight excluding hydrogens is 673 g/mol. The van der Waals surface area contributed by atoms with Gasteiger partial charge in [0.2, 0.25) is 0 Å². The van der Waals surface area contributed by atoms with Crippen LogP contribution in [0.2, 0.25) is 0 Å². The van der Waals surface area contributed by atoms with Gasteiger partial charge < -0.3 is 14.2 Å². The second-order valence-corrected chi connectivity index (χ2v) is 14.3. The van der Waals surface area contributed by atoms with E-state index in [-0.39, 0.29) is 37.5 Å². The van der Waals surface area contributed by atoms with E-state index in [4.69, 9.17) is 14.2 Å². The van der Waals surface area contributed by atoms with E-state index in [0.717, 1.165) is 89.9 Å². The van der Waals surface area contributed by atoms with Crippen molar-refractivity contribution in [2.75, 3.05) is 13.2 Å². The van der Waals surface area contributed by atoms with Crippen molar-refractivity contribution in [1.82, 2.24) is 0 Å². The number of unbranched alkanes of at least 4 members (excludes halogenated alkanes) is 17. The van der Waals surface area contributed by atoms with Crippen molar-refractivity contribution in [3.05, 3.63) is 72.9 Å². The molecule has 308 valence electrons. The molecule has 0 amide bonds. The highest BCUT2D eigenvalue weighted by molar-refractivity contribution is 5.71. The van der Waals surface area contributed by atoms with Gasteiger partial charge in [-0.05, 0) is 64.2 Å². The minimum atomic E-state index is -0.799. The van der Waals surface area contributed by atoms with E-state index >= 15 is 0 Å². The van der Waals surface area contributed by atoms with Gasteiger partial charge in [0.1, 0.15) is 13.2 Å². The molecule has 0 aromatic carbocycles. The molecule has 0 saturated heterocycles. The standard InChI is InChI=1S/C48H80O6/c1-4-7-10-13-16-19-22-24-27-29-32-35-38-41-47(50)53-44-45(43-52-46(49)40-37-34-31-28-25-21-18-15-12-9-6-3)54-48(51)42-39-36-33-30-26-23-20-17-14-11-8-5-2/h7,9-10,12-13,16,18-19,21-22,28,31,45H,4-6,8,11,14-15,17,20,23-27,29-30,32-44H2,1-3H3/b10-7-,12-9-,16-13-,21-18-,22-19-,31-28-. The average molecular weight is 753 g/mol. The van der Waals surface area contributed by atoms with Gasteiger partial charge in [0.05, 0.1) is 0 Å². The summed E-state index contributed by atoms with van der Waals surface area (Å²) in [6.07, 6.45) is 51.8. The molecule has 0 heterocycles. The van der Waals surface area contributed by atoms with Gasteiger partial charge in [0, 0.05) is 19.3 Å². The maximum atomic E-state index is 12.7. The van der Waals surface area contributed by atoms with E-state index in [2.05, 4.69) is 87.6 Å². The minimum absolute atomic E-state index is 0.101. The number of rotatable bonds is 38. The fourth-order valence-electron chi connectivity index (χ4n) is 5.76. The molecule has 0 aliphatic carbocycles. The van der Waals surface area contributed by atoms with Crippen LogP contribution in [0.3, 0.4) is 0 Å². The van der Waals surface area contributed by atoms with E-state index in [1.54, 1.807) is 0 Å². The summed E-state index contributed by atoms with van der Waals surface area (Å²) in [4.78, 5) is 37.6. The Hall–Kier alpha value is -3.15. The fraction of sp³-hybridized carbons (Fsp3) is 0.688. The number of carbonyl (C=O) groups excluding carboxylic acids is 3. The van der Waals surface area contributed by atoms with Crippen LogP contribution in [0, 0.1) is 0 Å². The van der Waals surface area contributed by atoms with Crippen LogP contribution in [0.15, 0.2) is 72.9 Å². The van der Waals surface area contributed by atoms with Gasteiger partial charge in [-0.3, -0.25) is 14.4 Å². The molecule has 0 aromatic rings. The van der Waals surface area contributed by atoms with Crippen LogP contribution in [0.25, 0.3) is 0 Å². The number of hydrogen-bond acceptors (Lipinski definition) is 6. The summed E-state index contributed by atoms with van der Waals surface area (Å²) in [7, 11) is 0. The first-order chi connectivity index (χ1) is 26.5. The van der Waals surface area contributed by atoms with Gasteiger partial charge in [-0.25, -0.2) is 0 Å². The summed E-state index contributed by atoms with van der Waals surface area (Å²) < 4.78 is 16.6. The molecule has 0 aliphatic rings. The Bertz CT molecular complexity index is 1050. The largest absolute Gasteiger partial charge is 0.462 e. The van der Waals surface area contributed by atoms with Gasteiger partial charge in [-0.1, -0.05) is 184 Å². The molecule has 0 aliphatic heterocycles. The zero-order chi connectivity index (χ0) is 39.4. The summed E-state index contributed by atoms with van der Waals surface area (Å²) in [5.41, 5.74) is 0. The SMILES string of the molecule is CC\C=C/C=C\C=C/CCCCCCCC(=O)OCC(COC(=O)CCC/C=C\C/C=C\C/C=C\CC)OC(=O)CCCCCCCCCCCCCC. The number of allylic oxidation sites excluding steroid dienone is 12. The maximum Gasteiger partial charge on any atom is 0.306 e. The molecule has 0 N–H and O–H groups in total. The minimum Gasteiger partial charge on any atom is -0.462 e. The molecule has 0 rings (SSSR count). The number of hydrogen-bond donors (Lipinski definition) is 0. The zero-order valence-corrected chi connectivity index (χ0v) is 35.0. The number of carbonyl (C=O) groups is 3. The second kappa shape index (κ2) is 42.6. The van der Waals surface area contributed by atoms with Gasteiger partial charge in [-0.2, -0.15) is 0 Å². The summed E-state index contributed by atoms with van der Waals surface area (Å²) in [5.74, 6) is -0.983. The molecule has 0 radical (unpaired) electrons. The molecular formula is C48H80O6. The average Bonchev–Trinajstić information content (AvgIpc) is 3.17. The van der Waals surface area contributed by atoms with Crippen LogP contribution in [-0.2, 0) is 28.6 Å². The summed E-state index contributed by atoms with van der Waals surface area (Å²) in [6.45, 7) is 6.29. The van der Waals surface area contributed by atoms with Crippen LogP contribution in [-0.4, -0.2) is 37.2 Å². The smallest absolute Gasteiger partial charge is 0.306 e. The van der Waals surface area contributed by atoms with E-state index in [1.807, 2.05) is 6.08 Å². The van der Waals surface area contributed by atoms with Gasteiger partial charge in [-0.15, -0.1) is 0 Å². The van der Waals surface area contributed by atoms with Crippen molar-refractivity contribution in [2.24, 2.45) is 0 Å². The monoisotopic (exact) mass is 753 g/mol. The third-order valence-corrected chi connectivity index (χ3v) is 9.02. The Balaban J connectivity index is 4.48. The lowest BCUT2D eigenvalue weighted by Gasteiger charge is -2.18. The summed E-state index contributed by atoms with van der Waals surface area (Å²) in [5, 5.41) is 0. The van der Waals surface area contributed by atoms with E-state index < -0.39 is 6.10 Å². The van der Waals surface area contributed by atoms with Crippen LogP contribution >= 0.6 is 0 Å². The highest BCUT2D eigenvalue weighted by atomic mass is 16.6. The molecule has 0 spiro atoms. The Morgan fingerprint density at radius 2 is 0.833 bits per heavy atom. The van der Waals surface area contributed by atoms with Crippen LogP contribution in [0.1, 0.15) is 194 Å². The highest BCUT2D eigenvalue weighted by Gasteiger charge is 2.19. The Morgan fingerprint density at radius 1 is 0.407 bits per heavy atom. The van der Waals surface area contributed by atoms with Crippen LogP contribution in [0.5, 0.6) is 0 Å². The van der Waals surface area contributed by atoms with Gasteiger partial charge in [0.25, 0.3) is 0 Å². The summed E-state index contributed by atoms with van der Waals surface area (Å²) >= 11 is 0. The molecule has 0 fully saturated rings. The van der Waals surface area contributed by atoms with Crippen LogP contribution < -0.4 is 0 Å². The first-order valence-electron chi connectivity index (χ1n) is 22.0. The van der Waals surface area contributed by atoms with Crippen molar-refractivity contribution in [3.8, 4) is 0 Å². The lowest BCUT2D eigenvalue weighted by molar-refractivity contribution is -0.167. The molecule has 0 saturated carbocycles. The predicted octanol–water partition coefficient (Wildman–Crippen LogP) is 13.9. The Labute approximate surface area is 332 Å². The molecule has 6 nitrogen and oxygen atoms in total. The molecule has 54 heavy (non-hydrogen) atoms. The number of esters is 3. The fourth-order valence-corrected chi connectivity index (χ4v) is 5.76. The second-order valence-electron chi connectivity index (χ2n) is 14.3. The van der Waals surface area contributed by atoms with Crippen molar-refractivity contribution >= 4 is 17.9 Å². The zero-order valence-electron chi connectivity index (χ0n) is 35.0. The lowest BCUT2D eigenvalue weighted by atomic mass is 10.0. The van der Waals surface area contributed by atoms with E-state index in [9.17, 15) is 14.4 Å². The van der Waals surface area contributed by atoms with E-state index in [1.165, 1.54) is 57.8 Å². The topological polar surface area (TPSA) is 78.9 Å². The Morgan fingerprint density at radius 3 is 1.39 bits per heavy atom. The number of ether oxygens (including phenoxy) is 3. The third-order valence-electron chi connectivity index (χ3n) is 9.02. The first-order valence-corrected chi connectivity index (χ1v) is 22.0. The van der Waals surface area contributed by atoms with Crippen LogP contribution in [0.4, 0.5) is 0 Å². The molecule has 1 atom stereocenters. The van der Waals surface area contributed by atoms with Crippen molar-refractivity contribution in [3.63, 3.8) is 0 Å². The van der Waals surface area contributed by atoms with Crippen molar-refractivity contribution < 1.29 is 28.6 Å². The molecule has 0 bridgehead atoms. The molecule has 0 aromatic heterocycles. The van der Waals surface area contributed by atoms with E-state index in [0.29, 0.717) is 19.3 Å². The third kappa shape index (κ3) is 40.0. The predicted molar refractivity (Wildman–Crippen MR) is 228 cm³/mol.